The van der Waals surface area contributed by atoms with Gasteiger partial charge in [-0.3, -0.25) is 4.79 Å². The summed E-state index contributed by atoms with van der Waals surface area (Å²) in [6.07, 6.45) is 1.17. The van der Waals surface area contributed by atoms with Crippen LogP contribution in [0.25, 0.3) is 11.0 Å². The molecule has 7 heteroatoms. The highest BCUT2D eigenvalue weighted by Gasteiger charge is 2.24. The quantitative estimate of drug-likeness (QED) is 0.628. The number of carbonyl (C=O) groups is 1. The molecule has 0 bridgehead atoms. The number of aromatic nitrogens is 2. The van der Waals surface area contributed by atoms with Crippen LogP contribution in [0.5, 0.6) is 11.5 Å². The van der Waals surface area contributed by atoms with E-state index in [9.17, 15) is 4.79 Å². The van der Waals surface area contributed by atoms with E-state index in [4.69, 9.17) is 14.5 Å². The van der Waals surface area contributed by atoms with Crippen LogP contribution in [0, 0.1) is 0 Å². The number of fused-ring (bicyclic) bond motifs is 1. The summed E-state index contributed by atoms with van der Waals surface area (Å²) in [7, 11) is 5.29. The molecule has 0 aliphatic carbocycles. The van der Waals surface area contributed by atoms with E-state index in [1.807, 2.05) is 48.3 Å². The van der Waals surface area contributed by atoms with Gasteiger partial charge in [0.05, 0.1) is 25.3 Å². The zero-order valence-corrected chi connectivity index (χ0v) is 17.8. The number of amides is 1. The van der Waals surface area contributed by atoms with Crippen LogP contribution >= 0.6 is 0 Å². The Bertz CT molecular complexity index is 1040. The second kappa shape index (κ2) is 8.65. The number of piperazine rings is 1. The molecule has 0 atom stereocenters. The first kappa shape index (κ1) is 20.1. The summed E-state index contributed by atoms with van der Waals surface area (Å²) in [6, 6.07) is 14.0. The molecule has 0 unspecified atom stereocenters. The van der Waals surface area contributed by atoms with Gasteiger partial charge in [0.25, 0.3) is 0 Å². The molecule has 1 aliphatic rings. The minimum atomic E-state index is 0.189. The van der Waals surface area contributed by atoms with E-state index in [-0.39, 0.29) is 5.91 Å². The topological polar surface area (TPSA) is 59.8 Å². The van der Waals surface area contributed by atoms with E-state index in [0.717, 1.165) is 35.6 Å². The Labute approximate surface area is 176 Å². The molecule has 1 aromatic heterocycles. The van der Waals surface area contributed by atoms with Gasteiger partial charge in [-0.2, -0.15) is 0 Å². The van der Waals surface area contributed by atoms with Crippen LogP contribution < -0.4 is 14.4 Å². The van der Waals surface area contributed by atoms with E-state index < -0.39 is 0 Å². The lowest BCUT2D eigenvalue weighted by Gasteiger charge is -2.35. The predicted octanol–water partition coefficient (Wildman–Crippen LogP) is 2.87. The molecule has 2 heterocycles. The van der Waals surface area contributed by atoms with Crippen molar-refractivity contribution in [2.24, 2.45) is 7.05 Å². The van der Waals surface area contributed by atoms with Gasteiger partial charge in [-0.15, -0.1) is 0 Å². The number of hydrogen-bond acceptors (Lipinski definition) is 5. The molecule has 1 aliphatic heterocycles. The number of rotatable bonds is 6. The van der Waals surface area contributed by atoms with Crippen molar-refractivity contribution in [2.75, 3.05) is 45.3 Å². The van der Waals surface area contributed by atoms with Gasteiger partial charge >= 0.3 is 0 Å². The molecule has 0 spiro atoms. The van der Waals surface area contributed by atoms with E-state index in [0.29, 0.717) is 37.4 Å². The van der Waals surface area contributed by atoms with Crippen molar-refractivity contribution in [3.63, 3.8) is 0 Å². The third-order valence-corrected chi connectivity index (χ3v) is 5.75. The van der Waals surface area contributed by atoms with Crippen molar-refractivity contribution < 1.29 is 14.3 Å². The first-order chi connectivity index (χ1) is 14.6. The SMILES string of the molecule is COc1ccc(CCC(=O)N2CCN(c3nc4ccccc4n3C)CC2)cc1OC. The third kappa shape index (κ3) is 3.92. The normalized spacial score (nSPS) is 14.2. The third-order valence-electron chi connectivity index (χ3n) is 5.75. The molecule has 1 amide bonds. The molecule has 1 fully saturated rings. The number of nitrogens with zero attached hydrogens (tertiary/aromatic N) is 4. The Morgan fingerprint density at radius 1 is 1.00 bits per heavy atom. The summed E-state index contributed by atoms with van der Waals surface area (Å²) in [5, 5.41) is 0. The highest BCUT2D eigenvalue weighted by Crippen LogP contribution is 2.28. The summed E-state index contributed by atoms with van der Waals surface area (Å²) < 4.78 is 12.8. The summed E-state index contributed by atoms with van der Waals surface area (Å²) >= 11 is 0. The van der Waals surface area contributed by atoms with Crippen molar-refractivity contribution >= 4 is 22.9 Å². The van der Waals surface area contributed by atoms with E-state index >= 15 is 0 Å². The first-order valence-corrected chi connectivity index (χ1v) is 10.3. The predicted molar refractivity (Wildman–Crippen MR) is 117 cm³/mol. The molecule has 2 aromatic carbocycles. The van der Waals surface area contributed by atoms with Crippen molar-refractivity contribution in [1.29, 1.82) is 0 Å². The monoisotopic (exact) mass is 408 g/mol. The van der Waals surface area contributed by atoms with Gasteiger partial charge in [0.15, 0.2) is 11.5 Å². The first-order valence-electron chi connectivity index (χ1n) is 10.3. The van der Waals surface area contributed by atoms with Crippen LogP contribution in [-0.2, 0) is 18.3 Å². The standard InChI is InChI=1S/C23H28N4O3/c1-25-19-7-5-4-6-18(19)24-23(25)27-14-12-26(13-15-27)22(28)11-9-17-8-10-20(29-2)21(16-17)30-3/h4-8,10,16H,9,11-15H2,1-3H3. The molecule has 7 nitrogen and oxygen atoms in total. The number of imidazole rings is 1. The summed E-state index contributed by atoms with van der Waals surface area (Å²) in [4.78, 5) is 21.7. The number of hydrogen-bond donors (Lipinski definition) is 0. The van der Waals surface area contributed by atoms with Gasteiger partial charge in [0.2, 0.25) is 11.9 Å². The minimum Gasteiger partial charge on any atom is -0.493 e. The van der Waals surface area contributed by atoms with Crippen LogP contribution in [0.4, 0.5) is 5.95 Å². The number of methoxy groups -OCH3 is 2. The smallest absolute Gasteiger partial charge is 0.223 e. The Hall–Kier alpha value is -3.22. The van der Waals surface area contributed by atoms with Crippen molar-refractivity contribution in [2.45, 2.75) is 12.8 Å². The second-order valence-corrected chi connectivity index (χ2v) is 7.52. The van der Waals surface area contributed by atoms with Crippen LogP contribution in [0.15, 0.2) is 42.5 Å². The Balaban J connectivity index is 1.33. The van der Waals surface area contributed by atoms with Gasteiger partial charge in [-0.05, 0) is 36.2 Å². The van der Waals surface area contributed by atoms with Crippen LogP contribution in [0.2, 0.25) is 0 Å². The van der Waals surface area contributed by atoms with Crippen molar-refractivity contribution in [1.82, 2.24) is 14.5 Å². The average Bonchev–Trinajstić information content (AvgIpc) is 3.14. The molecular formula is C23H28N4O3. The lowest BCUT2D eigenvalue weighted by molar-refractivity contribution is -0.131. The van der Waals surface area contributed by atoms with Gasteiger partial charge in [0, 0.05) is 39.6 Å². The second-order valence-electron chi connectivity index (χ2n) is 7.52. The zero-order chi connectivity index (χ0) is 21.1. The van der Waals surface area contributed by atoms with E-state index in [1.54, 1.807) is 14.2 Å². The molecular weight excluding hydrogens is 380 g/mol. The molecule has 0 N–H and O–H groups in total. The zero-order valence-electron chi connectivity index (χ0n) is 17.8. The average molecular weight is 409 g/mol. The summed E-state index contributed by atoms with van der Waals surface area (Å²) in [6.45, 7) is 3.01. The number of benzene rings is 2. The number of para-hydroxylation sites is 2. The lowest BCUT2D eigenvalue weighted by atomic mass is 10.1. The Kier molecular flexibility index (Phi) is 5.79. The minimum absolute atomic E-state index is 0.189. The number of aryl methyl sites for hydroxylation is 2. The highest BCUT2D eigenvalue weighted by atomic mass is 16.5. The molecule has 4 rings (SSSR count). The van der Waals surface area contributed by atoms with Gasteiger partial charge in [0.1, 0.15) is 0 Å². The van der Waals surface area contributed by atoms with Crippen LogP contribution in [0.1, 0.15) is 12.0 Å². The number of anilines is 1. The van der Waals surface area contributed by atoms with E-state index in [1.165, 1.54) is 0 Å². The molecule has 1 saturated heterocycles. The fourth-order valence-corrected chi connectivity index (χ4v) is 4.02. The highest BCUT2D eigenvalue weighted by molar-refractivity contribution is 5.79. The Morgan fingerprint density at radius 2 is 1.73 bits per heavy atom. The maximum absolute atomic E-state index is 12.7. The largest absolute Gasteiger partial charge is 0.493 e. The van der Waals surface area contributed by atoms with Gasteiger partial charge in [-0.1, -0.05) is 18.2 Å². The van der Waals surface area contributed by atoms with Crippen molar-refractivity contribution in [3.05, 3.63) is 48.0 Å². The lowest BCUT2D eigenvalue weighted by Crippen LogP contribution is -2.49. The number of ether oxygens (including phenoxy) is 2. The maximum Gasteiger partial charge on any atom is 0.223 e. The van der Waals surface area contributed by atoms with Crippen molar-refractivity contribution in [3.8, 4) is 11.5 Å². The molecule has 30 heavy (non-hydrogen) atoms. The summed E-state index contributed by atoms with van der Waals surface area (Å²) in [5.74, 6) is 2.55. The fourth-order valence-electron chi connectivity index (χ4n) is 4.02. The maximum atomic E-state index is 12.7. The Morgan fingerprint density at radius 3 is 2.43 bits per heavy atom. The number of carbonyl (C=O) groups excluding carboxylic acids is 1. The summed E-state index contributed by atoms with van der Waals surface area (Å²) in [5.41, 5.74) is 3.20. The van der Waals surface area contributed by atoms with Gasteiger partial charge < -0.3 is 23.8 Å². The molecule has 0 saturated carbocycles. The van der Waals surface area contributed by atoms with Crippen LogP contribution in [0.3, 0.4) is 0 Å². The van der Waals surface area contributed by atoms with E-state index in [2.05, 4.69) is 15.5 Å². The molecule has 3 aromatic rings. The molecule has 158 valence electrons. The molecule has 0 radical (unpaired) electrons. The van der Waals surface area contributed by atoms with Crippen LogP contribution in [-0.4, -0.2) is 60.8 Å². The fraction of sp³-hybridized carbons (Fsp3) is 0.391. The van der Waals surface area contributed by atoms with Gasteiger partial charge in [-0.25, -0.2) is 4.98 Å².